The summed E-state index contributed by atoms with van der Waals surface area (Å²) in [5.41, 5.74) is 2.89. The first-order valence-corrected chi connectivity index (χ1v) is 23.7. The Hall–Kier alpha value is -3.63. The van der Waals surface area contributed by atoms with Crippen molar-refractivity contribution in [3.63, 3.8) is 0 Å². The van der Waals surface area contributed by atoms with Gasteiger partial charge in [0.15, 0.2) is 5.79 Å². The van der Waals surface area contributed by atoms with Gasteiger partial charge in [0.05, 0.1) is 53.3 Å². The molecular weight excluding hydrogens is 861 g/mol. The molecule has 14 nitrogen and oxygen atoms in total. The molecule has 0 radical (unpaired) electrons. The summed E-state index contributed by atoms with van der Waals surface area (Å²) in [6.45, 7) is 3.53. The van der Waals surface area contributed by atoms with Gasteiger partial charge in [0.2, 0.25) is 11.6 Å². The maximum absolute atomic E-state index is 13.5. The van der Waals surface area contributed by atoms with E-state index < -0.39 is 41.6 Å². The van der Waals surface area contributed by atoms with Crippen LogP contribution in [0.5, 0.6) is 0 Å². The van der Waals surface area contributed by atoms with Crippen molar-refractivity contribution >= 4 is 74.0 Å². The number of carbonyl (C=O) groups excluding carboxylic acids is 1. The zero-order valence-corrected chi connectivity index (χ0v) is 37.6. The summed E-state index contributed by atoms with van der Waals surface area (Å²) in [6, 6.07) is 19.5. The van der Waals surface area contributed by atoms with Crippen LogP contribution >= 0.6 is 46.2 Å². The Labute approximate surface area is 370 Å². The Kier molecular flexibility index (Phi) is 14.8. The second-order valence-electron chi connectivity index (χ2n) is 14.8. The van der Waals surface area contributed by atoms with E-state index >= 15 is 0 Å². The van der Waals surface area contributed by atoms with Crippen molar-refractivity contribution in [3.8, 4) is 0 Å². The van der Waals surface area contributed by atoms with Crippen LogP contribution in [0.2, 0.25) is 0 Å². The zero-order valence-electron chi connectivity index (χ0n) is 34.3. The standard InChI is InChI=1S/C43H48N4O10S4/c1-41(2,49)57-31(42(50,52-3)37-35-29(23-60-37)39(58-4)45-25-44-35)16-17-54-34(48)19-33-46-36-30(40(47-33)59-5)24-61-38(36)43(51)32(55-21-27-14-10-7-11-15-27)18-28(56-43)22-53-20-26-12-8-6-9-13-26/h6-15,23-25,28,31-32,49-51H,16-22H2,1-5H3. The monoisotopic (exact) mass is 908 g/mol. The second kappa shape index (κ2) is 19.8. The molecule has 5 atom stereocenters. The summed E-state index contributed by atoms with van der Waals surface area (Å²) in [7, 11) is 1.33. The van der Waals surface area contributed by atoms with E-state index in [0.717, 1.165) is 21.5 Å². The van der Waals surface area contributed by atoms with Crippen LogP contribution in [-0.2, 0) is 64.4 Å². The number of aliphatic hydroxyl groups is 3. The van der Waals surface area contributed by atoms with Crippen LogP contribution in [-0.4, -0.2) is 98.2 Å². The Morgan fingerprint density at radius 1 is 0.934 bits per heavy atom. The van der Waals surface area contributed by atoms with Crippen LogP contribution in [0.4, 0.5) is 0 Å². The first kappa shape index (κ1) is 45.4. The Morgan fingerprint density at radius 2 is 1.61 bits per heavy atom. The molecule has 0 spiro atoms. The first-order valence-electron chi connectivity index (χ1n) is 19.4. The van der Waals surface area contributed by atoms with Crippen LogP contribution in [0.3, 0.4) is 0 Å². The van der Waals surface area contributed by atoms with Gasteiger partial charge in [-0.1, -0.05) is 60.7 Å². The van der Waals surface area contributed by atoms with E-state index in [-0.39, 0.29) is 38.5 Å². The lowest BCUT2D eigenvalue weighted by atomic mass is 10.0. The van der Waals surface area contributed by atoms with Gasteiger partial charge in [0.1, 0.15) is 40.8 Å². The third kappa shape index (κ3) is 10.4. The van der Waals surface area contributed by atoms with E-state index in [1.165, 1.54) is 73.5 Å². The van der Waals surface area contributed by atoms with Gasteiger partial charge in [-0.2, -0.15) is 0 Å². The van der Waals surface area contributed by atoms with Crippen LogP contribution in [0.1, 0.15) is 53.4 Å². The molecule has 1 aliphatic heterocycles. The van der Waals surface area contributed by atoms with Crippen molar-refractivity contribution in [2.75, 3.05) is 32.8 Å². The van der Waals surface area contributed by atoms with Crippen LogP contribution < -0.4 is 0 Å². The van der Waals surface area contributed by atoms with Gasteiger partial charge < -0.3 is 43.7 Å². The number of thioether (sulfide) groups is 2. The van der Waals surface area contributed by atoms with E-state index in [0.29, 0.717) is 44.2 Å². The van der Waals surface area contributed by atoms with E-state index in [9.17, 15) is 20.1 Å². The highest BCUT2D eigenvalue weighted by molar-refractivity contribution is 7.99. The van der Waals surface area contributed by atoms with Crippen molar-refractivity contribution in [2.45, 2.75) is 92.0 Å². The predicted octanol–water partition coefficient (Wildman–Crippen LogP) is 6.96. The van der Waals surface area contributed by atoms with Crippen LogP contribution in [0, 0.1) is 0 Å². The summed E-state index contributed by atoms with van der Waals surface area (Å²) in [6.07, 6.45) is 2.75. The molecule has 61 heavy (non-hydrogen) atoms. The summed E-state index contributed by atoms with van der Waals surface area (Å²) < 4.78 is 36.2. The minimum atomic E-state index is -2.07. The fourth-order valence-corrected chi connectivity index (χ4v) is 10.6. The predicted molar refractivity (Wildman–Crippen MR) is 234 cm³/mol. The van der Waals surface area contributed by atoms with Gasteiger partial charge in [-0.25, -0.2) is 19.9 Å². The zero-order chi connectivity index (χ0) is 43.2. The molecule has 324 valence electrons. The smallest absolute Gasteiger partial charge is 0.313 e. The molecule has 4 aromatic heterocycles. The average Bonchev–Trinajstić information content (AvgIpc) is 3.98. The highest BCUT2D eigenvalue weighted by Gasteiger charge is 2.52. The van der Waals surface area contributed by atoms with E-state index in [1.807, 2.05) is 83.9 Å². The van der Waals surface area contributed by atoms with Crippen molar-refractivity contribution in [2.24, 2.45) is 0 Å². The highest BCUT2D eigenvalue weighted by atomic mass is 32.2. The molecule has 6 aromatic rings. The lowest BCUT2D eigenvalue weighted by molar-refractivity contribution is -0.317. The molecular formula is C43H48N4O10S4. The largest absolute Gasteiger partial charge is 0.465 e. The number of nitrogens with zero attached hydrogens (tertiary/aromatic N) is 4. The molecule has 2 aromatic carbocycles. The lowest BCUT2D eigenvalue weighted by Crippen LogP contribution is -2.47. The van der Waals surface area contributed by atoms with Crippen LogP contribution in [0.25, 0.3) is 21.8 Å². The summed E-state index contributed by atoms with van der Waals surface area (Å²) in [4.78, 5) is 32.4. The first-order chi connectivity index (χ1) is 29.3. The number of fused-ring (bicyclic) bond motifs is 2. The minimum Gasteiger partial charge on any atom is -0.465 e. The molecule has 1 saturated heterocycles. The molecule has 0 bridgehead atoms. The van der Waals surface area contributed by atoms with Crippen molar-refractivity contribution < 1.29 is 48.5 Å². The fraction of sp³-hybridized carbons (Fsp3) is 0.419. The number of hydrogen-bond acceptors (Lipinski definition) is 18. The van der Waals surface area contributed by atoms with Crippen molar-refractivity contribution in [1.29, 1.82) is 0 Å². The Balaban J connectivity index is 1.09. The maximum Gasteiger partial charge on any atom is 0.313 e. The SMILES string of the molecule is COC(O)(c1scc2c(SC)ncnc12)C(CCOC(=O)Cc1nc(SC)c2csc(C3(O)OC(COCc4ccccc4)CC3OCc3ccccc3)c2n1)OC(C)(C)O. The molecule has 1 aliphatic rings. The van der Waals surface area contributed by atoms with Crippen molar-refractivity contribution in [3.05, 3.63) is 104 Å². The van der Waals surface area contributed by atoms with Gasteiger partial charge in [0.25, 0.3) is 0 Å². The fourth-order valence-electron chi connectivity index (χ4n) is 7.12. The Bertz CT molecular complexity index is 2400. The lowest BCUT2D eigenvalue weighted by Gasteiger charge is -2.37. The minimum absolute atomic E-state index is 0.0600. The number of ether oxygens (including phenoxy) is 6. The molecule has 7 rings (SSSR count). The normalized spacial score (nSPS) is 19.7. The van der Waals surface area contributed by atoms with E-state index in [4.69, 9.17) is 33.4 Å². The van der Waals surface area contributed by atoms with Gasteiger partial charge in [-0.05, 0) is 37.5 Å². The summed E-state index contributed by atoms with van der Waals surface area (Å²) >= 11 is 5.33. The van der Waals surface area contributed by atoms with Gasteiger partial charge in [0, 0.05) is 41.5 Å². The number of thiophene rings is 2. The molecule has 3 N–H and O–H groups in total. The molecule has 0 saturated carbocycles. The number of carbonyl (C=O) groups is 1. The topological polar surface area (TPSA) is 185 Å². The number of hydrogen-bond donors (Lipinski definition) is 3. The van der Waals surface area contributed by atoms with Crippen molar-refractivity contribution in [1.82, 2.24) is 19.9 Å². The highest BCUT2D eigenvalue weighted by Crippen LogP contribution is 2.46. The number of benzene rings is 2. The third-order valence-electron chi connectivity index (χ3n) is 9.95. The van der Waals surface area contributed by atoms with Crippen LogP contribution in [0.15, 0.2) is 87.8 Å². The third-order valence-corrected chi connectivity index (χ3v) is 13.5. The number of esters is 1. The quantitative estimate of drug-likeness (QED) is 0.0309. The summed E-state index contributed by atoms with van der Waals surface area (Å²) in [5.74, 6) is -6.09. The van der Waals surface area contributed by atoms with E-state index in [1.54, 1.807) is 0 Å². The van der Waals surface area contributed by atoms with Gasteiger partial charge in [-0.3, -0.25) is 4.79 Å². The van der Waals surface area contributed by atoms with E-state index in [2.05, 4.69) is 15.0 Å². The number of rotatable bonds is 20. The van der Waals surface area contributed by atoms with Gasteiger partial charge >= 0.3 is 5.97 Å². The number of methoxy groups -OCH3 is 1. The molecule has 1 fully saturated rings. The molecule has 0 amide bonds. The second-order valence-corrected chi connectivity index (χ2v) is 18.1. The Morgan fingerprint density at radius 3 is 2.28 bits per heavy atom. The number of aromatic nitrogens is 4. The molecule has 18 heteroatoms. The molecule has 5 heterocycles. The average molecular weight is 909 g/mol. The molecule has 0 aliphatic carbocycles. The van der Waals surface area contributed by atoms with Gasteiger partial charge in [-0.15, -0.1) is 46.2 Å². The summed E-state index contributed by atoms with van der Waals surface area (Å²) in [5, 5.41) is 41.7. The molecule has 5 unspecified atom stereocenters. The maximum atomic E-state index is 13.5.